The van der Waals surface area contributed by atoms with Gasteiger partial charge in [-0.3, -0.25) is 9.88 Å². The van der Waals surface area contributed by atoms with Crippen LogP contribution in [0.1, 0.15) is 31.5 Å². The van der Waals surface area contributed by atoms with Gasteiger partial charge in [-0.15, -0.1) is 0 Å². The summed E-state index contributed by atoms with van der Waals surface area (Å²) in [5.41, 5.74) is 6.99. The topological polar surface area (TPSA) is 51.4 Å². The van der Waals surface area contributed by atoms with Gasteiger partial charge in [0.15, 0.2) is 0 Å². The van der Waals surface area contributed by atoms with Gasteiger partial charge in [-0.05, 0) is 31.5 Å². The highest BCUT2D eigenvalue weighted by Crippen LogP contribution is 2.21. The van der Waals surface area contributed by atoms with Gasteiger partial charge in [-0.25, -0.2) is 0 Å². The summed E-state index contributed by atoms with van der Waals surface area (Å²) in [5, 5.41) is 0. The van der Waals surface area contributed by atoms with Gasteiger partial charge in [0.05, 0.1) is 17.8 Å². The van der Waals surface area contributed by atoms with Crippen LogP contribution >= 0.6 is 0 Å². The molecule has 4 nitrogen and oxygen atoms in total. The molecule has 1 aromatic rings. The minimum atomic E-state index is 0.195. The lowest BCUT2D eigenvalue weighted by atomic mass is 10.1. The van der Waals surface area contributed by atoms with Crippen molar-refractivity contribution in [1.82, 2.24) is 9.88 Å². The van der Waals surface area contributed by atoms with Crippen LogP contribution in [0.25, 0.3) is 0 Å². The average molecular weight is 249 g/mol. The lowest BCUT2D eigenvalue weighted by Gasteiger charge is -2.31. The summed E-state index contributed by atoms with van der Waals surface area (Å²) in [6.45, 7) is 5.59. The molecule has 1 aliphatic heterocycles. The molecule has 100 valence electrons. The highest BCUT2D eigenvalue weighted by Gasteiger charge is 2.24. The van der Waals surface area contributed by atoms with Crippen LogP contribution in [0.3, 0.4) is 0 Å². The molecule has 1 aliphatic rings. The standard InChI is InChI=1S/C14H23N3O/c1-2-17(11-12-6-5-9-18-12)14(10-15)13-7-3-4-8-16-13/h3-4,7-8,12,14H,2,5-6,9-11,15H2,1H3. The van der Waals surface area contributed by atoms with E-state index < -0.39 is 0 Å². The van der Waals surface area contributed by atoms with Crippen LogP contribution < -0.4 is 5.73 Å². The number of nitrogens with two attached hydrogens (primary N) is 1. The Hall–Kier alpha value is -0.970. The van der Waals surface area contributed by atoms with Gasteiger partial charge in [0.25, 0.3) is 0 Å². The molecule has 2 N–H and O–H groups in total. The van der Waals surface area contributed by atoms with Crippen molar-refractivity contribution in [2.45, 2.75) is 31.9 Å². The molecule has 0 spiro atoms. The number of hydrogen-bond donors (Lipinski definition) is 1. The van der Waals surface area contributed by atoms with Crippen LogP contribution in [-0.4, -0.2) is 42.2 Å². The first-order chi connectivity index (χ1) is 8.85. The van der Waals surface area contributed by atoms with Gasteiger partial charge >= 0.3 is 0 Å². The maximum Gasteiger partial charge on any atom is 0.0703 e. The SMILES string of the molecule is CCN(CC1CCCO1)C(CN)c1ccccn1. The molecule has 1 aromatic heterocycles. The minimum Gasteiger partial charge on any atom is -0.377 e. The summed E-state index contributed by atoms with van der Waals surface area (Å²) in [6.07, 6.45) is 4.54. The molecule has 1 fully saturated rings. The Balaban J connectivity index is 2.03. The Kier molecular flexibility index (Phi) is 5.11. The molecule has 18 heavy (non-hydrogen) atoms. The van der Waals surface area contributed by atoms with Crippen LogP contribution in [0.2, 0.25) is 0 Å². The fourth-order valence-corrected chi connectivity index (χ4v) is 2.56. The van der Waals surface area contributed by atoms with Gasteiger partial charge in [-0.2, -0.15) is 0 Å². The molecule has 0 amide bonds. The highest BCUT2D eigenvalue weighted by molar-refractivity contribution is 5.09. The van der Waals surface area contributed by atoms with Crippen molar-refractivity contribution in [3.05, 3.63) is 30.1 Å². The van der Waals surface area contributed by atoms with E-state index in [4.69, 9.17) is 10.5 Å². The van der Waals surface area contributed by atoms with E-state index in [1.807, 2.05) is 18.3 Å². The Morgan fingerprint density at radius 3 is 3.00 bits per heavy atom. The molecule has 2 heterocycles. The Morgan fingerprint density at radius 1 is 1.56 bits per heavy atom. The minimum absolute atomic E-state index is 0.195. The van der Waals surface area contributed by atoms with Gasteiger partial charge in [0.2, 0.25) is 0 Å². The summed E-state index contributed by atoms with van der Waals surface area (Å²) >= 11 is 0. The van der Waals surface area contributed by atoms with Gasteiger partial charge in [0, 0.05) is 25.9 Å². The number of ether oxygens (including phenoxy) is 1. The summed E-state index contributed by atoms with van der Waals surface area (Å²) in [4.78, 5) is 6.80. The average Bonchev–Trinajstić information content (AvgIpc) is 2.92. The van der Waals surface area contributed by atoms with E-state index in [-0.39, 0.29) is 6.04 Å². The smallest absolute Gasteiger partial charge is 0.0703 e. The molecule has 2 unspecified atom stereocenters. The maximum absolute atomic E-state index is 5.93. The number of hydrogen-bond acceptors (Lipinski definition) is 4. The molecule has 0 saturated carbocycles. The Bertz CT molecular complexity index is 338. The van der Waals surface area contributed by atoms with Crippen molar-refractivity contribution in [1.29, 1.82) is 0 Å². The summed E-state index contributed by atoms with van der Waals surface area (Å²) in [6, 6.07) is 6.20. The molecule has 2 atom stereocenters. The van der Waals surface area contributed by atoms with Crippen LogP contribution in [0.5, 0.6) is 0 Å². The fourth-order valence-electron chi connectivity index (χ4n) is 2.56. The molecule has 1 saturated heterocycles. The lowest BCUT2D eigenvalue weighted by Crippen LogP contribution is -2.39. The third-order valence-electron chi connectivity index (χ3n) is 3.56. The first kappa shape index (κ1) is 13.5. The van der Waals surface area contributed by atoms with Gasteiger partial charge < -0.3 is 10.5 Å². The number of likely N-dealkylation sites (N-methyl/N-ethyl adjacent to an activating group) is 1. The molecular weight excluding hydrogens is 226 g/mol. The van der Waals surface area contributed by atoms with E-state index in [1.54, 1.807) is 0 Å². The predicted octanol–water partition coefficient (Wildman–Crippen LogP) is 1.58. The zero-order chi connectivity index (χ0) is 12.8. The number of rotatable bonds is 6. The molecule has 0 aromatic carbocycles. The van der Waals surface area contributed by atoms with E-state index >= 15 is 0 Å². The summed E-state index contributed by atoms with van der Waals surface area (Å²) in [5.74, 6) is 0. The van der Waals surface area contributed by atoms with Crippen molar-refractivity contribution in [2.24, 2.45) is 5.73 Å². The number of nitrogens with zero attached hydrogens (tertiary/aromatic N) is 2. The third kappa shape index (κ3) is 3.28. The fraction of sp³-hybridized carbons (Fsp3) is 0.643. The van der Waals surface area contributed by atoms with E-state index in [2.05, 4.69) is 22.9 Å². The van der Waals surface area contributed by atoms with Crippen molar-refractivity contribution in [2.75, 3.05) is 26.2 Å². The van der Waals surface area contributed by atoms with E-state index in [1.165, 1.54) is 6.42 Å². The first-order valence-corrected chi connectivity index (χ1v) is 6.81. The predicted molar refractivity (Wildman–Crippen MR) is 72.3 cm³/mol. The molecular formula is C14H23N3O. The monoisotopic (exact) mass is 249 g/mol. The molecule has 0 aliphatic carbocycles. The van der Waals surface area contributed by atoms with E-state index in [0.29, 0.717) is 12.6 Å². The Labute approximate surface area is 109 Å². The number of aromatic nitrogens is 1. The maximum atomic E-state index is 5.93. The van der Waals surface area contributed by atoms with Crippen LogP contribution in [0.15, 0.2) is 24.4 Å². The van der Waals surface area contributed by atoms with Gasteiger partial charge in [-0.1, -0.05) is 13.0 Å². The van der Waals surface area contributed by atoms with Crippen molar-refractivity contribution in [3.8, 4) is 0 Å². The second-order valence-electron chi connectivity index (χ2n) is 4.73. The molecule has 2 rings (SSSR count). The van der Waals surface area contributed by atoms with Crippen LogP contribution in [-0.2, 0) is 4.74 Å². The largest absolute Gasteiger partial charge is 0.377 e. The molecule has 0 radical (unpaired) electrons. The normalized spacial score (nSPS) is 21.4. The van der Waals surface area contributed by atoms with E-state index in [9.17, 15) is 0 Å². The van der Waals surface area contributed by atoms with Crippen LogP contribution in [0.4, 0.5) is 0 Å². The second kappa shape index (κ2) is 6.83. The van der Waals surface area contributed by atoms with Crippen molar-refractivity contribution in [3.63, 3.8) is 0 Å². The van der Waals surface area contributed by atoms with Gasteiger partial charge in [0.1, 0.15) is 0 Å². The summed E-state index contributed by atoms with van der Waals surface area (Å²) < 4.78 is 5.71. The zero-order valence-corrected chi connectivity index (χ0v) is 11.1. The highest BCUT2D eigenvalue weighted by atomic mass is 16.5. The first-order valence-electron chi connectivity index (χ1n) is 6.81. The lowest BCUT2D eigenvalue weighted by molar-refractivity contribution is 0.0594. The Morgan fingerprint density at radius 2 is 2.44 bits per heavy atom. The zero-order valence-electron chi connectivity index (χ0n) is 11.1. The third-order valence-corrected chi connectivity index (χ3v) is 3.56. The summed E-state index contributed by atoms with van der Waals surface area (Å²) in [7, 11) is 0. The van der Waals surface area contributed by atoms with Crippen LogP contribution in [0, 0.1) is 0 Å². The quantitative estimate of drug-likeness (QED) is 0.831. The van der Waals surface area contributed by atoms with Crippen molar-refractivity contribution < 1.29 is 4.74 Å². The molecule has 0 bridgehead atoms. The number of pyridine rings is 1. The molecule has 4 heteroatoms. The van der Waals surface area contributed by atoms with Crippen molar-refractivity contribution >= 4 is 0 Å². The van der Waals surface area contributed by atoms with E-state index in [0.717, 1.165) is 31.8 Å². The second-order valence-corrected chi connectivity index (χ2v) is 4.73.